The lowest BCUT2D eigenvalue weighted by molar-refractivity contribution is -0.146. The Morgan fingerprint density at radius 3 is 2.54 bits per heavy atom. The van der Waals surface area contributed by atoms with Crippen LogP contribution < -0.4 is 5.32 Å². The van der Waals surface area contributed by atoms with E-state index in [1.807, 2.05) is 0 Å². The summed E-state index contributed by atoms with van der Waals surface area (Å²) in [5.74, 6) is -2.97. The molecule has 11 nitrogen and oxygen atoms in total. The summed E-state index contributed by atoms with van der Waals surface area (Å²) in [6.45, 7) is 2.40. The molecule has 1 rings (SSSR count). The zero-order valence-electron chi connectivity index (χ0n) is 13.1. The molecule has 0 aliphatic carbocycles. The number of carbonyl (C=O) groups is 2. The molecule has 0 aromatic rings. The number of nitrogens with zero attached hydrogens (tertiary/aromatic N) is 3. The summed E-state index contributed by atoms with van der Waals surface area (Å²) in [5.41, 5.74) is 8.66. The van der Waals surface area contributed by atoms with Crippen molar-refractivity contribution in [3.63, 3.8) is 0 Å². The van der Waals surface area contributed by atoms with E-state index in [-0.39, 0.29) is 0 Å². The smallest absolute Gasteiger partial charge is 0.370 e. The summed E-state index contributed by atoms with van der Waals surface area (Å²) in [5, 5.41) is 43.7. The molecule has 0 saturated heterocycles. The number of aliphatic hydroxyl groups is 3. The third-order valence-corrected chi connectivity index (χ3v) is 3.45. The molecule has 24 heavy (non-hydrogen) atoms. The maximum Gasteiger partial charge on any atom is 0.370 e. The van der Waals surface area contributed by atoms with Crippen LogP contribution in [0.1, 0.15) is 13.8 Å². The van der Waals surface area contributed by atoms with Crippen LogP contribution in [0.5, 0.6) is 0 Å². The van der Waals surface area contributed by atoms with Crippen molar-refractivity contribution in [3.05, 3.63) is 22.3 Å². The van der Waals surface area contributed by atoms with E-state index in [9.17, 15) is 19.8 Å². The standard InChI is InChI=1S/C13H20N4O7/c1-5(2)12(21)15-9-6(16-17-14)3-8(13(22)23)24-11(9)10(20)7(19)4-18/h3,5-7,9-11,18-20H,4H2,1-2H3,(H,15,21)(H,22,23)/t6-,7+,9+,10+,11+/m0/s1. The third kappa shape index (κ3) is 4.59. The summed E-state index contributed by atoms with van der Waals surface area (Å²) >= 11 is 0. The number of nitrogens with one attached hydrogen (secondary N) is 1. The molecule has 0 radical (unpaired) electrons. The van der Waals surface area contributed by atoms with E-state index in [1.54, 1.807) is 13.8 Å². The highest BCUT2D eigenvalue weighted by Gasteiger charge is 2.43. The molecule has 11 heteroatoms. The van der Waals surface area contributed by atoms with Gasteiger partial charge in [0.25, 0.3) is 0 Å². The minimum atomic E-state index is -1.73. The Labute approximate surface area is 137 Å². The lowest BCUT2D eigenvalue weighted by Crippen LogP contribution is -2.60. The molecule has 0 aromatic heterocycles. The van der Waals surface area contributed by atoms with E-state index >= 15 is 0 Å². The van der Waals surface area contributed by atoms with Crippen molar-refractivity contribution in [2.75, 3.05) is 6.61 Å². The van der Waals surface area contributed by atoms with Crippen LogP contribution in [0.15, 0.2) is 16.9 Å². The van der Waals surface area contributed by atoms with Crippen LogP contribution in [0, 0.1) is 5.92 Å². The number of rotatable bonds is 7. The number of hydrogen-bond donors (Lipinski definition) is 5. The molecule has 134 valence electrons. The van der Waals surface area contributed by atoms with Gasteiger partial charge < -0.3 is 30.5 Å². The Balaban J connectivity index is 3.26. The van der Waals surface area contributed by atoms with E-state index in [0.29, 0.717) is 0 Å². The van der Waals surface area contributed by atoms with E-state index in [1.165, 1.54) is 0 Å². The molecular formula is C13H20N4O7. The second-order valence-corrected chi connectivity index (χ2v) is 5.54. The average Bonchev–Trinajstić information content (AvgIpc) is 2.54. The number of hydrogen-bond acceptors (Lipinski definition) is 7. The normalized spacial score (nSPS) is 25.8. The molecule has 1 aliphatic rings. The van der Waals surface area contributed by atoms with Crippen LogP contribution in [-0.4, -0.2) is 69.3 Å². The Bertz CT molecular complexity index is 559. The number of azide groups is 1. The molecule has 0 saturated carbocycles. The highest BCUT2D eigenvalue weighted by Crippen LogP contribution is 2.25. The second kappa shape index (κ2) is 8.50. The predicted octanol–water partition coefficient (Wildman–Crippen LogP) is -1.11. The summed E-state index contributed by atoms with van der Waals surface area (Å²) in [7, 11) is 0. The van der Waals surface area contributed by atoms with Crippen LogP contribution in [0.4, 0.5) is 0 Å². The van der Waals surface area contributed by atoms with Gasteiger partial charge in [0.2, 0.25) is 11.7 Å². The van der Waals surface area contributed by atoms with E-state index in [0.717, 1.165) is 6.08 Å². The number of aliphatic carboxylic acids is 1. The quantitative estimate of drug-likeness (QED) is 0.220. The van der Waals surface area contributed by atoms with Gasteiger partial charge >= 0.3 is 5.97 Å². The zero-order chi connectivity index (χ0) is 18.4. The molecule has 0 bridgehead atoms. The summed E-state index contributed by atoms with van der Waals surface area (Å²) in [6, 6.07) is -2.29. The summed E-state index contributed by atoms with van der Waals surface area (Å²) in [6.07, 6.45) is -3.82. The molecule has 5 N–H and O–H groups in total. The maximum absolute atomic E-state index is 12.0. The molecule has 0 unspecified atom stereocenters. The van der Waals surface area contributed by atoms with Gasteiger partial charge in [-0.3, -0.25) is 4.79 Å². The Morgan fingerprint density at radius 2 is 2.08 bits per heavy atom. The van der Waals surface area contributed by atoms with Crippen LogP contribution in [0.3, 0.4) is 0 Å². The van der Waals surface area contributed by atoms with Gasteiger partial charge in [0.05, 0.1) is 18.7 Å². The van der Waals surface area contributed by atoms with Crippen molar-refractivity contribution >= 4 is 11.9 Å². The molecule has 1 amide bonds. The van der Waals surface area contributed by atoms with Crippen LogP contribution in [0.25, 0.3) is 10.4 Å². The molecule has 5 atom stereocenters. The minimum Gasteiger partial charge on any atom is -0.478 e. The van der Waals surface area contributed by atoms with Crippen molar-refractivity contribution in [2.24, 2.45) is 11.0 Å². The SMILES string of the molecule is CC(C)C(=O)N[C@H]1[C@H]([C@H](O)[C@H](O)CO)OC(C(=O)O)=C[C@@H]1N=[N+]=[N-]. The average molecular weight is 344 g/mol. The number of ether oxygens (including phenoxy) is 1. The third-order valence-electron chi connectivity index (χ3n) is 3.45. The fourth-order valence-corrected chi connectivity index (χ4v) is 2.11. The van der Waals surface area contributed by atoms with Crippen molar-refractivity contribution in [1.29, 1.82) is 0 Å². The van der Waals surface area contributed by atoms with Gasteiger partial charge in [-0.05, 0) is 11.6 Å². The van der Waals surface area contributed by atoms with Crippen molar-refractivity contribution in [3.8, 4) is 0 Å². The van der Waals surface area contributed by atoms with Crippen molar-refractivity contribution in [1.82, 2.24) is 5.32 Å². The fourth-order valence-electron chi connectivity index (χ4n) is 2.11. The van der Waals surface area contributed by atoms with Crippen molar-refractivity contribution < 1.29 is 34.8 Å². The zero-order valence-corrected chi connectivity index (χ0v) is 13.1. The van der Waals surface area contributed by atoms with Crippen LogP contribution in [0.2, 0.25) is 0 Å². The first-order chi connectivity index (χ1) is 11.2. The number of amides is 1. The van der Waals surface area contributed by atoms with Crippen molar-refractivity contribution in [2.45, 2.75) is 44.2 Å². The second-order valence-electron chi connectivity index (χ2n) is 5.54. The van der Waals surface area contributed by atoms with Gasteiger partial charge in [0, 0.05) is 10.8 Å². The first-order valence-electron chi connectivity index (χ1n) is 7.16. The Morgan fingerprint density at radius 1 is 1.46 bits per heavy atom. The topological polar surface area (TPSA) is 185 Å². The molecule has 0 aromatic carbocycles. The number of carbonyl (C=O) groups excluding carboxylic acids is 1. The predicted molar refractivity (Wildman–Crippen MR) is 79.4 cm³/mol. The molecule has 1 aliphatic heterocycles. The molecule has 1 heterocycles. The van der Waals surface area contributed by atoms with E-state index in [4.69, 9.17) is 20.5 Å². The van der Waals surface area contributed by atoms with Crippen LogP contribution >= 0.6 is 0 Å². The largest absolute Gasteiger partial charge is 0.478 e. The number of carboxylic acids is 1. The Kier molecular flexibility index (Phi) is 6.98. The highest BCUT2D eigenvalue weighted by molar-refractivity contribution is 5.85. The van der Waals surface area contributed by atoms with Gasteiger partial charge in [-0.25, -0.2) is 4.79 Å². The fraction of sp³-hybridized carbons (Fsp3) is 0.692. The highest BCUT2D eigenvalue weighted by atomic mass is 16.5. The summed E-state index contributed by atoms with van der Waals surface area (Å²) in [4.78, 5) is 25.7. The molecular weight excluding hydrogens is 324 g/mol. The summed E-state index contributed by atoms with van der Waals surface area (Å²) < 4.78 is 5.14. The van der Waals surface area contributed by atoms with Gasteiger partial charge in [-0.15, -0.1) is 0 Å². The first kappa shape index (κ1) is 19.7. The van der Waals surface area contributed by atoms with Gasteiger partial charge in [-0.1, -0.05) is 19.0 Å². The number of aliphatic hydroxyl groups excluding tert-OH is 3. The molecule has 0 spiro atoms. The van der Waals surface area contributed by atoms with Gasteiger partial charge in [0.1, 0.15) is 18.3 Å². The van der Waals surface area contributed by atoms with Gasteiger partial charge in [0.15, 0.2) is 0 Å². The number of carboxylic acid groups (broad SMARTS) is 1. The monoisotopic (exact) mass is 344 g/mol. The Hall–Kier alpha value is -2.33. The molecule has 0 fully saturated rings. The lowest BCUT2D eigenvalue weighted by Gasteiger charge is -2.38. The maximum atomic E-state index is 12.0. The van der Waals surface area contributed by atoms with E-state index < -0.39 is 60.6 Å². The van der Waals surface area contributed by atoms with E-state index in [2.05, 4.69) is 15.3 Å². The minimum absolute atomic E-state index is 0.442. The lowest BCUT2D eigenvalue weighted by atomic mass is 9.92. The first-order valence-corrected chi connectivity index (χ1v) is 7.16. The van der Waals surface area contributed by atoms with Gasteiger partial charge in [-0.2, -0.15) is 0 Å². The van der Waals surface area contributed by atoms with Crippen LogP contribution in [-0.2, 0) is 14.3 Å².